The van der Waals surface area contributed by atoms with E-state index in [-0.39, 0.29) is 12.8 Å². The summed E-state index contributed by atoms with van der Waals surface area (Å²) in [5.74, 6) is -2.53. The molecule has 7 nitrogen and oxygen atoms in total. The van der Waals surface area contributed by atoms with Gasteiger partial charge in [-0.25, -0.2) is 0 Å². The zero-order valence-electron chi connectivity index (χ0n) is 10.1. The van der Waals surface area contributed by atoms with Crippen molar-refractivity contribution in [3.05, 3.63) is 35.4 Å². The molecule has 8 heteroatoms. The summed E-state index contributed by atoms with van der Waals surface area (Å²) < 4.78 is 11.2. The topological polar surface area (TPSA) is 147 Å². The molecule has 1 rings (SSSR count). The molecule has 0 aromatic heterocycles. The first-order valence-electron chi connectivity index (χ1n) is 5.60. The van der Waals surface area contributed by atoms with E-state index in [0.717, 1.165) is 0 Å². The molecule has 0 saturated heterocycles. The van der Waals surface area contributed by atoms with Gasteiger partial charge in [-0.3, -0.25) is 9.36 Å². The first kappa shape index (κ1) is 15.8. The number of benzene rings is 1. The second-order valence-corrected chi connectivity index (χ2v) is 5.95. The Balaban J connectivity index is 2.91. The molecule has 1 aromatic carbocycles. The molecule has 0 aliphatic rings. The van der Waals surface area contributed by atoms with E-state index in [1.807, 2.05) is 0 Å². The van der Waals surface area contributed by atoms with E-state index >= 15 is 0 Å². The highest BCUT2D eigenvalue weighted by Gasteiger charge is 2.28. The Bertz CT molecular complexity index is 502. The van der Waals surface area contributed by atoms with Crippen LogP contribution in [0.4, 0.5) is 0 Å². The molecule has 0 radical (unpaired) electrons. The van der Waals surface area contributed by atoms with Crippen LogP contribution in [0.2, 0.25) is 0 Å². The molecule has 7 N–H and O–H groups in total. The summed E-state index contributed by atoms with van der Waals surface area (Å²) in [6, 6.07) is 5.47. The summed E-state index contributed by atoms with van der Waals surface area (Å²) in [6.45, 7) is 0. The van der Waals surface area contributed by atoms with Gasteiger partial charge in [0, 0.05) is 0 Å². The van der Waals surface area contributed by atoms with Crippen LogP contribution < -0.4 is 11.5 Å². The highest BCUT2D eigenvalue weighted by Crippen LogP contribution is 2.48. The summed E-state index contributed by atoms with van der Waals surface area (Å²) in [5, 5.41) is 8.69. The van der Waals surface area contributed by atoms with E-state index < -0.39 is 25.4 Å². The summed E-state index contributed by atoms with van der Waals surface area (Å²) in [7, 11) is -4.44. The molecule has 0 amide bonds. The summed E-state index contributed by atoms with van der Waals surface area (Å²) in [6.07, 6.45) is 0.456. The molecule has 2 unspecified atom stereocenters. The van der Waals surface area contributed by atoms with Crippen LogP contribution in [-0.2, 0) is 15.8 Å². The molecular formula is C11H17N2O5P. The van der Waals surface area contributed by atoms with Crippen LogP contribution in [0.1, 0.15) is 23.3 Å². The third-order valence-corrected chi connectivity index (χ3v) is 3.78. The van der Waals surface area contributed by atoms with Crippen molar-refractivity contribution < 1.29 is 24.3 Å². The fourth-order valence-electron chi connectivity index (χ4n) is 1.67. The highest BCUT2D eigenvalue weighted by atomic mass is 31.2. The third-order valence-electron chi connectivity index (χ3n) is 2.78. The van der Waals surface area contributed by atoms with Gasteiger partial charge in [0.1, 0.15) is 11.8 Å². The summed E-state index contributed by atoms with van der Waals surface area (Å²) in [4.78, 5) is 28.8. The van der Waals surface area contributed by atoms with Gasteiger partial charge in [-0.15, -0.1) is 0 Å². The largest absolute Gasteiger partial charge is 0.480 e. The van der Waals surface area contributed by atoms with Crippen molar-refractivity contribution in [1.82, 2.24) is 0 Å². The zero-order valence-corrected chi connectivity index (χ0v) is 11.0. The SMILES string of the molecule is NC(CCc1ccccc1C(N)P(=O)(O)O)C(=O)O. The number of aryl methyl sites for hydroxylation is 1. The number of carbonyl (C=O) groups is 1. The Hall–Kier alpha value is -1.24. The van der Waals surface area contributed by atoms with Crippen LogP contribution in [0.15, 0.2) is 24.3 Å². The maximum absolute atomic E-state index is 11.2. The van der Waals surface area contributed by atoms with Gasteiger partial charge in [0.05, 0.1) is 0 Å². The van der Waals surface area contributed by atoms with Crippen LogP contribution in [0.3, 0.4) is 0 Å². The van der Waals surface area contributed by atoms with E-state index in [1.165, 1.54) is 6.07 Å². The lowest BCUT2D eigenvalue weighted by Gasteiger charge is -2.18. The van der Waals surface area contributed by atoms with Crippen molar-refractivity contribution in [2.75, 3.05) is 0 Å². The number of rotatable bonds is 6. The van der Waals surface area contributed by atoms with Gasteiger partial charge in [0.15, 0.2) is 0 Å². The lowest BCUT2D eigenvalue weighted by atomic mass is 10.0. The number of aliphatic carboxylic acids is 1. The van der Waals surface area contributed by atoms with Crippen molar-refractivity contribution in [2.24, 2.45) is 11.5 Å². The minimum absolute atomic E-state index is 0.167. The molecule has 0 aliphatic carbocycles. The van der Waals surface area contributed by atoms with Gasteiger partial charge >= 0.3 is 13.6 Å². The van der Waals surface area contributed by atoms with Crippen molar-refractivity contribution in [1.29, 1.82) is 0 Å². The molecule has 2 atom stereocenters. The van der Waals surface area contributed by atoms with Gasteiger partial charge in [0.2, 0.25) is 0 Å². The smallest absolute Gasteiger partial charge is 0.346 e. The summed E-state index contributed by atoms with van der Waals surface area (Å²) in [5.41, 5.74) is 11.8. The second kappa shape index (κ2) is 6.27. The predicted octanol–water partition coefficient (Wildman–Crippen LogP) is 0.166. The standard InChI is InChI=1S/C11H17N2O5P/c12-9(11(14)15)6-5-7-3-1-2-4-8(7)10(13)19(16,17)18/h1-4,9-10H,5-6,12-13H2,(H,14,15)(H2,16,17,18). The van der Waals surface area contributed by atoms with Crippen molar-refractivity contribution in [3.63, 3.8) is 0 Å². The van der Waals surface area contributed by atoms with Crippen molar-refractivity contribution in [2.45, 2.75) is 24.7 Å². The predicted molar refractivity (Wildman–Crippen MR) is 69.3 cm³/mol. The van der Waals surface area contributed by atoms with E-state index in [9.17, 15) is 9.36 Å². The lowest BCUT2D eigenvalue weighted by molar-refractivity contribution is -0.138. The molecule has 1 aromatic rings. The normalized spacial score (nSPS) is 14.9. The maximum atomic E-state index is 11.2. The number of hydrogen-bond donors (Lipinski definition) is 5. The molecular weight excluding hydrogens is 271 g/mol. The third kappa shape index (κ3) is 4.41. The van der Waals surface area contributed by atoms with Crippen LogP contribution in [0, 0.1) is 0 Å². The Morgan fingerprint density at radius 2 is 1.84 bits per heavy atom. The average Bonchev–Trinajstić information content (AvgIpc) is 2.34. The quantitative estimate of drug-likeness (QED) is 0.468. The van der Waals surface area contributed by atoms with E-state index in [1.54, 1.807) is 18.2 Å². The number of carboxylic acid groups (broad SMARTS) is 1. The first-order chi connectivity index (χ1) is 8.73. The number of carboxylic acids is 1. The Morgan fingerprint density at radius 1 is 1.26 bits per heavy atom. The van der Waals surface area contributed by atoms with Gasteiger partial charge in [-0.05, 0) is 24.0 Å². The number of hydrogen-bond acceptors (Lipinski definition) is 4. The van der Waals surface area contributed by atoms with E-state index in [4.69, 9.17) is 26.4 Å². The Morgan fingerprint density at radius 3 is 2.37 bits per heavy atom. The Labute approximate surface area is 110 Å². The molecule has 0 aliphatic heterocycles. The second-order valence-electron chi connectivity index (χ2n) is 4.22. The molecule has 106 valence electrons. The van der Waals surface area contributed by atoms with Gasteiger partial charge < -0.3 is 26.4 Å². The van der Waals surface area contributed by atoms with Gasteiger partial charge in [0.25, 0.3) is 0 Å². The van der Waals surface area contributed by atoms with E-state index in [2.05, 4.69) is 0 Å². The first-order valence-corrected chi connectivity index (χ1v) is 7.28. The van der Waals surface area contributed by atoms with Crippen molar-refractivity contribution in [3.8, 4) is 0 Å². The van der Waals surface area contributed by atoms with Crippen LogP contribution >= 0.6 is 7.60 Å². The fourth-order valence-corrected chi connectivity index (χ4v) is 2.28. The molecule has 0 saturated carbocycles. The molecule has 19 heavy (non-hydrogen) atoms. The fraction of sp³-hybridized carbons (Fsp3) is 0.364. The van der Waals surface area contributed by atoms with Crippen LogP contribution in [0.25, 0.3) is 0 Å². The van der Waals surface area contributed by atoms with Crippen LogP contribution in [-0.4, -0.2) is 26.9 Å². The molecule has 0 bridgehead atoms. The monoisotopic (exact) mass is 288 g/mol. The zero-order chi connectivity index (χ0) is 14.6. The van der Waals surface area contributed by atoms with Crippen LogP contribution in [0.5, 0.6) is 0 Å². The average molecular weight is 288 g/mol. The summed E-state index contributed by atoms with van der Waals surface area (Å²) >= 11 is 0. The molecule has 0 spiro atoms. The van der Waals surface area contributed by atoms with Gasteiger partial charge in [-0.1, -0.05) is 24.3 Å². The number of nitrogens with two attached hydrogens (primary N) is 2. The van der Waals surface area contributed by atoms with Gasteiger partial charge in [-0.2, -0.15) is 0 Å². The molecule has 0 fully saturated rings. The maximum Gasteiger partial charge on any atom is 0.346 e. The molecule has 0 heterocycles. The van der Waals surface area contributed by atoms with E-state index in [0.29, 0.717) is 11.1 Å². The Kier molecular flexibility index (Phi) is 5.22. The lowest BCUT2D eigenvalue weighted by Crippen LogP contribution is -2.30. The minimum atomic E-state index is -4.44. The van der Waals surface area contributed by atoms with Crippen molar-refractivity contribution >= 4 is 13.6 Å². The highest BCUT2D eigenvalue weighted by molar-refractivity contribution is 7.52. The minimum Gasteiger partial charge on any atom is -0.480 e.